The highest BCUT2D eigenvalue weighted by molar-refractivity contribution is 14.0. The Morgan fingerprint density at radius 1 is 1.39 bits per heavy atom. The Kier molecular flexibility index (Phi) is 9.89. The van der Waals surface area contributed by atoms with Crippen molar-refractivity contribution in [2.24, 2.45) is 4.99 Å². The summed E-state index contributed by atoms with van der Waals surface area (Å²) in [5, 5.41) is 6.83. The number of methoxy groups -OCH3 is 1. The fraction of sp³-hybridized carbons (Fsp3) is 0.562. The molecule has 1 heterocycles. The lowest BCUT2D eigenvalue weighted by molar-refractivity contribution is 0.195. The molecule has 0 aromatic heterocycles. The van der Waals surface area contributed by atoms with Gasteiger partial charge < -0.3 is 20.3 Å². The third kappa shape index (κ3) is 6.84. The van der Waals surface area contributed by atoms with Crippen LogP contribution in [0.2, 0.25) is 0 Å². The lowest BCUT2D eigenvalue weighted by Crippen LogP contribution is -2.45. The van der Waals surface area contributed by atoms with Gasteiger partial charge in [-0.15, -0.1) is 24.0 Å². The van der Waals surface area contributed by atoms with Gasteiger partial charge in [-0.2, -0.15) is 0 Å². The maximum atomic E-state index is 5.05. The van der Waals surface area contributed by atoms with E-state index in [0.29, 0.717) is 6.04 Å². The zero-order chi connectivity index (χ0) is 15.8. The number of hydrogen-bond donors (Lipinski definition) is 2. The Labute approximate surface area is 164 Å². The van der Waals surface area contributed by atoms with Crippen LogP contribution >= 0.6 is 39.9 Å². The first-order valence-corrected chi connectivity index (χ1v) is 8.49. The van der Waals surface area contributed by atoms with E-state index in [4.69, 9.17) is 4.74 Å². The molecule has 1 aliphatic rings. The lowest BCUT2D eigenvalue weighted by atomic mass is 10.3. The van der Waals surface area contributed by atoms with E-state index in [2.05, 4.69) is 60.7 Å². The Morgan fingerprint density at radius 3 is 2.78 bits per heavy atom. The van der Waals surface area contributed by atoms with Crippen molar-refractivity contribution < 1.29 is 4.74 Å². The van der Waals surface area contributed by atoms with Gasteiger partial charge in [0.25, 0.3) is 0 Å². The number of guanidine groups is 1. The molecule has 1 atom stereocenters. The fourth-order valence-corrected chi connectivity index (χ4v) is 2.84. The standard InChI is InChI=1S/C16H25BrN4O.HI/c1-18-16(19-9-3-11-22-2)20-14-8-10-21(12-14)15-6-4-13(17)5-7-15;/h4-7,14H,3,8-12H2,1-2H3,(H2,18,19,20);1H. The largest absolute Gasteiger partial charge is 0.385 e. The van der Waals surface area contributed by atoms with E-state index in [9.17, 15) is 0 Å². The first kappa shape index (κ1) is 20.5. The summed E-state index contributed by atoms with van der Waals surface area (Å²) in [6, 6.07) is 8.92. The van der Waals surface area contributed by atoms with Crippen LogP contribution in [0, 0.1) is 0 Å². The zero-order valence-corrected chi connectivity index (χ0v) is 17.6. The molecule has 0 saturated carbocycles. The molecule has 1 aromatic rings. The van der Waals surface area contributed by atoms with Gasteiger partial charge in [-0.3, -0.25) is 4.99 Å². The second-order valence-electron chi connectivity index (χ2n) is 5.40. The van der Waals surface area contributed by atoms with E-state index in [0.717, 1.165) is 49.5 Å². The third-order valence-corrected chi connectivity index (χ3v) is 4.29. The number of aliphatic imine (C=N–C) groups is 1. The van der Waals surface area contributed by atoms with Crippen LogP contribution in [0.1, 0.15) is 12.8 Å². The monoisotopic (exact) mass is 496 g/mol. The summed E-state index contributed by atoms with van der Waals surface area (Å²) in [7, 11) is 3.54. The molecule has 23 heavy (non-hydrogen) atoms. The fourth-order valence-electron chi connectivity index (χ4n) is 2.58. The van der Waals surface area contributed by atoms with Crippen LogP contribution in [-0.4, -0.2) is 52.4 Å². The molecule has 1 fully saturated rings. The molecule has 5 nitrogen and oxygen atoms in total. The van der Waals surface area contributed by atoms with Crippen LogP contribution < -0.4 is 15.5 Å². The summed E-state index contributed by atoms with van der Waals surface area (Å²) in [6.07, 6.45) is 2.10. The molecule has 7 heteroatoms. The average molecular weight is 497 g/mol. The highest BCUT2D eigenvalue weighted by Gasteiger charge is 2.23. The van der Waals surface area contributed by atoms with Crippen LogP contribution in [-0.2, 0) is 4.74 Å². The second kappa shape index (κ2) is 11.1. The van der Waals surface area contributed by atoms with Crippen LogP contribution in [0.25, 0.3) is 0 Å². The Morgan fingerprint density at radius 2 is 2.13 bits per heavy atom. The van der Waals surface area contributed by atoms with Crippen molar-refractivity contribution in [2.75, 3.05) is 45.3 Å². The molecule has 2 rings (SSSR count). The number of nitrogens with one attached hydrogen (secondary N) is 2. The molecule has 0 spiro atoms. The van der Waals surface area contributed by atoms with Crippen LogP contribution in [0.15, 0.2) is 33.7 Å². The molecule has 0 aliphatic carbocycles. The minimum absolute atomic E-state index is 0. The van der Waals surface area contributed by atoms with Crippen molar-refractivity contribution in [2.45, 2.75) is 18.9 Å². The van der Waals surface area contributed by atoms with Crippen molar-refractivity contribution in [3.63, 3.8) is 0 Å². The lowest BCUT2D eigenvalue weighted by Gasteiger charge is -2.20. The minimum atomic E-state index is 0. The van der Waals surface area contributed by atoms with Crippen molar-refractivity contribution in [3.05, 3.63) is 28.7 Å². The van der Waals surface area contributed by atoms with E-state index in [-0.39, 0.29) is 24.0 Å². The van der Waals surface area contributed by atoms with Gasteiger partial charge in [0, 0.05) is 56.6 Å². The van der Waals surface area contributed by atoms with E-state index < -0.39 is 0 Å². The molecule has 130 valence electrons. The molecular formula is C16H26BrIN4O. The van der Waals surface area contributed by atoms with Gasteiger partial charge in [0.2, 0.25) is 0 Å². The van der Waals surface area contributed by atoms with Gasteiger partial charge in [0.1, 0.15) is 0 Å². The third-order valence-electron chi connectivity index (χ3n) is 3.76. The number of nitrogens with zero attached hydrogens (tertiary/aromatic N) is 2. The number of ether oxygens (including phenoxy) is 1. The Bertz CT molecular complexity index is 483. The summed E-state index contributed by atoms with van der Waals surface area (Å²) < 4.78 is 6.17. The molecule has 0 radical (unpaired) electrons. The normalized spacial score (nSPS) is 17.8. The van der Waals surface area contributed by atoms with Crippen molar-refractivity contribution in [1.82, 2.24) is 10.6 Å². The molecule has 1 saturated heterocycles. The van der Waals surface area contributed by atoms with E-state index in [1.165, 1.54) is 5.69 Å². The molecule has 1 aliphatic heterocycles. The quantitative estimate of drug-likeness (QED) is 0.275. The summed E-state index contributed by atoms with van der Waals surface area (Å²) in [6.45, 7) is 3.71. The highest BCUT2D eigenvalue weighted by atomic mass is 127. The first-order chi connectivity index (χ1) is 10.7. The van der Waals surface area contributed by atoms with Gasteiger partial charge in [0.15, 0.2) is 5.96 Å². The predicted octanol–water partition coefficient (Wildman–Crippen LogP) is 2.85. The number of rotatable bonds is 6. The van der Waals surface area contributed by atoms with Crippen molar-refractivity contribution in [3.8, 4) is 0 Å². The number of hydrogen-bond acceptors (Lipinski definition) is 3. The van der Waals surface area contributed by atoms with Gasteiger partial charge in [-0.1, -0.05) is 15.9 Å². The molecule has 1 unspecified atom stereocenters. The maximum Gasteiger partial charge on any atom is 0.191 e. The van der Waals surface area contributed by atoms with Gasteiger partial charge in [-0.25, -0.2) is 0 Å². The summed E-state index contributed by atoms with van der Waals surface area (Å²) in [4.78, 5) is 6.69. The smallest absolute Gasteiger partial charge is 0.191 e. The van der Waals surface area contributed by atoms with Gasteiger partial charge in [-0.05, 0) is 37.1 Å². The average Bonchev–Trinajstić information content (AvgIpc) is 2.99. The summed E-state index contributed by atoms with van der Waals surface area (Å²) in [5.41, 5.74) is 1.27. The van der Waals surface area contributed by atoms with Crippen LogP contribution in [0.4, 0.5) is 5.69 Å². The summed E-state index contributed by atoms with van der Waals surface area (Å²) in [5.74, 6) is 0.874. The number of halogens is 2. The molecule has 2 N–H and O–H groups in total. The van der Waals surface area contributed by atoms with Gasteiger partial charge >= 0.3 is 0 Å². The Hall–Kier alpha value is -0.540. The van der Waals surface area contributed by atoms with Crippen molar-refractivity contribution in [1.29, 1.82) is 0 Å². The molecule has 0 bridgehead atoms. The van der Waals surface area contributed by atoms with E-state index >= 15 is 0 Å². The maximum absolute atomic E-state index is 5.05. The van der Waals surface area contributed by atoms with Crippen LogP contribution in [0.5, 0.6) is 0 Å². The van der Waals surface area contributed by atoms with Crippen LogP contribution in [0.3, 0.4) is 0 Å². The van der Waals surface area contributed by atoms with E-state index in [1.807, 2.05) is 7.05 Å². The number of benzene rings is 1. The number of anilines is 1. The molecular weight excluding hydrogens is 471 g/mol. The Balaban J connectivity index is 0.00000264. The van der Waals surface area contributed by atoms with Crippen molar-refractivity contribution >= 4 is 51.6 Å². The summed E-state index contributed by atoms with van der Waals surface area (Å²) >= 11 is 3.48. The first-order valence-electron chi connectivity index (χ1n) is 7.69. The molecule has 1 aromatic carbocycles. The minimum Gasteiger partial charge on any atom is -0.385 e. The second-order valence-corrected chi connectivity index (χ2v) is 6.31. The SMILES string of the molecule is CN=C(NCCCOC)NC1CCN(c2ccc(Br)cc2)C1.I. The van der Waals surface area contributed by atoms with E-state index in [1.54, 1.807) is 7.11 Å². The zero-order valence-electron chi connectivity index (χ0n) is 13.7. The topological polar surface area (TPSA) is 48.9 Å². The van der Waals surface area contributed by atoms with Gasteiger partial charge in [0.05, 0.1) is 0 Å². The predicted molar refractivity (Wildman–Crippen MR) is 111 cm³/mol. The highest BCUT2D eigenvalue weighted by Crippen LogP contribution is 2.22. The molecule has 0 amide bonds.